The van der Waals surface area contributed by atoms with E-state index in [0.717, 1.165) is 24.5 Å². The van der Waals surface area contributed by atoms with Gasteiger partial charge < -0.3 is 14.8 Å². The number of methoxy groups -OCH3 is 1. The zero-order chi connectivity index (χ0) is 20.4. The molecule has 0 radical (unpaired) electrons. The molecule has 3 nitrogen and oxygen atoms in total. The maximum absolute atomic E-state index is 6.06. The van der Waals surface area contributed by atoms with Crippen LogP contribution in [0, 0.1) is 20.8 Å². The van der Waals surface area contributed by atoms with Gasteiger partial charge in [-0.15, -0.1) is 0 Å². The molecule has 3 heteroatoms. The van der Waals surface area contributed by atoms with Crippen molar-refractivity contribution in [1.82, 2.24) is 5.32 Å². The van der Waals surface area contributed by atoms with Crippen LogP contribution in [0.1, 0.15) is 45.0 Å². The largest absolute Gasteiger partial charge is 0.496 e. The van der Waals surface area contributed by atoms with Gasteiger partial charge in [-0.25, -0.2) is 0 Å². The number of benzene rings is 3. The quantitative estimate of drug-likeness (QED) is 0.633. The molecule has 0 amide bonds. The predicted molar refractivity (Wildman–Crippen MR) is 118 cm³/mol. The van der Waals surface area contributed by atoms with Crippen molar-refractivity contribution < 1.29 is 9.47 Å². The smallest absolute Gasteiger partial charge is 0.122 e. The average Bonchev–Trinajstić information content (AvgIpc) is 2.75. The summed E-state index contributed by atoms with van der Waals surface area (Å²) in [6.07, 6.45) is 1.02. The monoisotopic (exact) mass is 387 g/mol. The van der Waals surface area contributed by atoms with E-state index in [9.17, 15) is 0 Å². The van der Waals surface area contributed by atoms with Crippen LogP contribution in [0.2, 0.25) is 0 Å². The Morgan fingerprint density at radius 2 is 1.76 bits per heavy atom. The Hall–Kier alpha value is -2.78. The third kappa shape index (κ3) is 3.88. The van der Waals surface area contributed by atoms with Crippen molar-refractivity contribution in [3.8, 4) is 11.5 Å². The molecule has 1 N–H and O–H groups in total. The molecule has 150 valence electrons. The van der Waals surface area contributed by atoms with Crippen LogP contribution < -0.4 is 14.8 Å². The minimum Gasteiger partial charge on any atom is -0.496 e. The fraction of sp³-hybridized carbons (Fsp3) is 0.308. The first-order valence-corrected chi connectivity index (χ1v) is 10.3. The highest BCUT2D eigenvalue weighted by atomic mass is 16.5. The summed E-state index contributed by atoms with van der Waals surface area (Å²) in [4.78, 5) is 0. The van der Waals surface area contributed by atoms with Crippen LogP contribution in [0.5, 0.6) is 11.5 Å². The van der Waals surface area contributed by atoms with Crippen LogP contribution in [0.15, 0.2) is 54.6 Å². The number of ether oxygens (including phenoxy) is 2. The summed E-state index contributed by atoms with van der Waals surface area (Å²) in [6, 6.07) is 19.2. The minimum atomic E-state index is 0.200. The van der Waals surface area contributed by atoms with Gasteiger partial charge in [0, 0.05) is 6.54 Å². The SMILES string of the molecule is COc1cc(C)c(C2NCCc3cc(OCc4ccccc4)ccc32)c(C)c1C. The second-order valence-electron chi connectivity index (χ2n) is 7.83. The molecule has 1 aliphatic rings. The van der Waals surface area contributed by atoms with Crippen LogP contribution in [-0.4, -0.2) is 13.7 Å². The Morgan fingerprint density at radius 1 is 0.966 bits per heavy atom. The maximum Gasteiger partial charge on any atom is 0.122 e. The standard InChI is InChI=1S/C26H29NO2/c1-17-14-24(28-4)18(2)19(3)25(17)26-23-11-10-22(15-21(23)12-13-27-26)29-16-20-8-6-5-7-9-20/h5-11,14-15,26-27H,12-13,16H2,1-4H3. The van der Waals surface area contributed by atoms with E-state index in [1.807, 2.05) is 18.2 Å². The number of rotatable bonds is 5. The molecule has 0 fully saturated rings. The third-order valence-corrected chi connectivity index (χ3v) is 6.03. The molecule has 0 saturated heterocycles. The summed E-state index contributed by atoms with van der Waals surface area (Å²) in [5, 5.41) is 3.73. The molecule has 1 heterocycles. The molecule has 4 rings (SSSR count). The topological polar surface area (TPSA) is 30.5 Å². The first-order valence-electron chi connectivity index (χ1n) is 10.3. The summed E-state index contributed by atoms with van der Waals surface area (Å²) in [7, 11) is 1.74. The van der Waals surface area contributed by atoms with Gasteiger partial charge in [-0.2, -0.15) is 0 Å². The highest BCUT2D eigenvalue weighted by Crippen LogP contribution is 2.37. The lowest BCUT2D eigenvalue weighted by Crippen LogP contribution is -2.31. The summed E-state index contributed by atoms with van der Waals surface area (Å²) in [5.74, 6) is 1.90. The zero-order valence-electron chi connectivity index (χ0n) is 17.7. The highest BCUT2D eigenvalue weighted by molar-refractivity contribution is 5.53. The maximum atomic E-state index is 6.06. The van der Waals surface area contributed by atoms with Crippen molar-refractivity contribution in [1.29, 1.82) is 0 Å². The Balaban J connectivity index is 1.63. The Kier molecular flexibility index (Phi) is 5.59. The summed E-state index contributed by atoms with van der Waals surface area (Å²) < 4.78 is 11.6. The van der Waals surface area contributed by atoms with Crippen molar-refractivity contribution in [2.24, 2.45) is 0 Å². The number of hydrogen-bond donors (Lipinski definition) is 1. The second-order valence-corrected chi connectivity index (χ2v) is 7.83. The number of nitrogens with one attached hydrogen (secondary N) is 1. The van der Waals surface area contributed by atoms with E-state index in [1.54, 1.807) is 7.11 Å². The van der Waals surface area contributed by atoms with Gasteiger partial charge in [-0.1, -0.05) is 36.4 Å². The van der Waals surface area contributed by atoms with Gasteiger partial charge in [0.2, 0.25) is 0 Å². The Bertz CT molecular complexity index is 1010. The predicted octanol–water partition coefficient (Wildman–Crippen LogP) is 5.43. The second kappa shape index (κ2) is 8.30. The van der Waals surface area contributed by atoms with Gasteiger partial charge in [0.25, 0.3) is 0 Å². The molecule has 1 unspecified atom stereocenters. The highest BCUT2D eigenvalue weighted by Gasteiger charge is 2.26. The van der Waals surface area contributed by atoms with Gasteiger partial charge in [0.1, 0.15) is 18.1 Å². The van der Waals surface area contributed by atoms with Crippen molar-refractivity contribution >= 4 is 0 Å². The van der Waals surface area contributed by atoms with Crippen LogP contribution in [0.4, 0.5) is 0 Å². The van der Waals surface area contributed by atoms with Crippen molar-refractivity contribution in [3.05, 3.63) is 93.5 Å². The van der Waals surface area contributed by atoms with E-state index in [0.29, 0.717) is 6.61 Å². The first-order chi connectivity index (χ1) is 14.1. The fourth-order valence-electron chi connectivity index (χ4n) is 4.35. The molecule has 3 aromatic rings. The lowest BCUT2D eigenvalue weighted by Gasteiger charge is -2.31. The number of fused-ring (bicyclic) bond motifs is 1. The van der Waals surface area contributed by atoms with Gasteiger partial charge in [-0.05, 0) is 84.3 Å². The van der Waals surface area contributed by atoms with Gasteiger partial charge in [-0.3, -0.25) is 0 Å². The van der Waals surface area contributed by atoms with Crippen molar-refractivity contribution in [2.45, 2.75) is 39.8 Å². The molecule has 29 heavy (non-hydrogen) atoms. The molecule has 3 aromatic carbocycles. The molecular formula is C26H29NO2. The molecule has 1 atom stereocenters. The summed E-state index contributed by atoms with van der Waals surface area (Å²) in [6.45, 7) is 8.08. The molecule has 1 aliphatic heterocycles. The minimum absolute atomic E-state index is 0.200. The lowest BCUT2D eigenvalue weighted by atomic mass is 9.84. The van der Waals surface area contributed by atoms with E-state index in [-0.39, 0.29) is 6.04 Å². The van der Waals surface area contributed by atoms with E-state index >= 15 is 0 Å². The van der Waals surface area contributed by atoms with E-state index in [2.05, 4.69) is 62.5 Å². The zero-order valence-corrected chi connectivity index (χ0v) is 17.7. The van der Waals surface area contributed by atoms with Crippen LogP contribution in [-0.2, 0) is 13.0 Å². The van der Waals surface area contributed by atoms with Crippen molar-refractivity contribution in [2.75, 3.05) is 13.7 Å². The lowest BCUT2D eigenvalue weighted by molar-refractivity contribution is 0.305. The van der Waals surface area contributed by atoms with Crippen LogP contribution in [0.3, 0.4) is 0 Å². The molecule has 0 aliphatic carbocycles. The van der Waals surface area contributed by atoms with Crippen LogP contribution in [0.25, 0.3) is 0 Å². The third-order valence-electron chi connectivity index (χ3n) is 6.03. The van der Waals surface area contributed by atoms with E-state index < -0.39 is 0 Å². The molecule has 0 spiro atoms. The summed E-state index contributed by atoms with van der Waals surface area (Å²) in [5.41, 5.74) is 9.04. The Labute approximate surface area is 173 Å². The molecule has 0 bridgehead atoms. The van der Waals surface area contributed by atoms with E-state index in [4.69, 9.17) is 9.47 Å². The van der Waals surface area contributed by atoms with Gasteiger partial charge >= 0.3 is 0 Å². The first kappa shape index (κ1) is 19.5. The van der Waals surface area contributed by atoms with Gasteiger partial charge in [0.15, 0.2) is 0 Å². The van der Waals surface area contributed by atoms with E-state index in [1.165, 1.54) is 38.9 Å². The number of aryl methyl sites for hydroxylation is 1. The Morgan fingerprint density at radius 3 is 2.52 bits per heavy atom. The average molecular weight is 388 g/mol. The normalized spacial score (nSPS) is 15.7. The number of hydrogen-bond acceptors (Lipinski definition) is 3. The summed E-state index contributed by atoms with van der Waals surface area (Å²) >= 11 is 0. The fourth-order valence-corrected chi connectivity index (χ4v) is 4.35. The molecule has 0 saturated carbocycles. The van der Waals surface area contributed by atoms with Crippen LogP contribution >= 0.6 is 0 Å². The molecular weight excluding hydrogens is 358 g/mol. The van der Waals surface area contributed by atoms with Gasteiger partial charge in [0.05, 0.1) is 13.2 Å². The van der Waals surface area contributed by atoms with Crippen molar-refractivity contribution in [3.63, 3.8) is 0 Å². The molecule has 0 aromatic heterocycles.